The lowest BCUT2D eigenvalue weighted by Crippen LogP contribution is -2.24. The number of halogens is 1. The zero-order chi connectivity index (χ0) is 15.1. The third-order valence-corrected chi connectivity index (χ3v) is 3.86. The van der Waals surface area contributed by atoms with Gasteiger partial charge in [0.25, 0.3) is 0 Å². The molecule has 0 saturated carbocycles. The Morgan fingerprint density at radius 1 is 1.29 bits per heavy atom. The largest absolute Gasteiger partial charge is 0.315 e. The summed E-state index contributed by atoms with van der Waals surface area (Å²) in [6.45, 7) is 6.92. The van der Waals surface area contributed by atoms with E-state index in [1.165, 1.54) is 12.1 Å². The first-order chi connectivity index (χ1) is 10.1. The van der Waals surface area contributed by atoms with Crippen LogP contribution in [0.1, 0.15) is 19.4 Å². The fourth-order valence-electron chi connectivity index (χ4n) is 1.74. The van der Waals surface area contributed by atoms with Gasteiger partial charge in [-0.25, -0.2) is 9.07 Å². The van der Waals surface area contributed by atoms with Crippen molar-refractivity contribution < 1.29 is 4.39 Å². The first kappa shape index (κ1) is 15.9. The van der Waals surface area contributed by atoms with Gasteiger partial charge in [-0.15, -0.1) is 5.10 Å². The summed E-state index contributed by atoms with van der Waals surface area (Å²) in [4.78, 5) is 0. The molecule has 0 amide bonds. The van der Waals surface area contributed by atoms with Gasteiger partial charge in [-0.1, -0.05) is 37.7 Å². The molecule has 1 aromatic heterocycles. The topological polar surface area (TPSA) is 55.6 Å². The minimum atomic E-state index is -0.218. The second-order valence-electron chi connectivity index (χ2n) is 5.20. The molecule has 5 nitrogen and oxygen atoms in total. The number of hydrogen-bond acceptors (Lipinski definition) is 5. The van der Waals surface area contributed by atoms with Crippen LogP contribution < -0.4 is 5.32 Å². The first-order valence-electron chi connectivity index (χ1n) is 6.99. The summed E-state index contributed by atoms with van der Waals surface area (Å²) in [6.07, 6.45) is 0. The van der Waals surface area contributed by atoms with Crippen LogP contribution in [-0.4, -0.2) is 33.3 Å². The number of nitrogens with one attached hydrogen (secondary N) is 1. The number of tetrazole rings is 1. The maximum atomic E-state index is 12.8. The minimum Gasteiger partial charge on any atom is -0.315 e. The smallest absolute Gasteiger partial charge is 0.209 e. The van der Waals surface area contributed by atoms with Crippen LogP contribution in [0.4, 0.5) is 4.39 Å². The van der Waals surface area contributed by atoms with E-state index in [1.807, 2.05) is 0 Å². The molecule has 0 saturated heterocycles. The summed E-state index contributed by atoms with van der Waals surface area (Å²) in [5, 5.41) is 15.9. The van der Waals surface area contributed by atoms with Gasteiger partial charge in [0.2, 0.25) is 5.16 Å². The summed E-state index contributed by atoms with van der Waals surface area (Å²) >= 11 is 1.55. The summed E-state index contributed by atoms with van der Waals surface area (Å²) in [6, 6.07) is 6.49. The van der Waals surface area contributed by atoms with Crippen molar-refractivity contribution in [1.82, 2.24) is 25.5 Å². The molecule has 2 aromatic rings. The predicted octanol–water partition coefficient (Wildman–Crippen LogP) is 2.35. The van der Waals surface area contributed by atoms with Crippen molar-refractivity contribution in [1.29, 1.82) is 0 Å². The van der Waals surface area contributed by atoms with Crippen molar-refractivity contribution in [3.05, 3.63) is 35.6 Å². The molecule has 0 aliphatic carbocycles. The van der Waals surface area contributed by atoms with E-state index >= 15 is 0 Å². The molecule has 1 aromatic carbocycles. The van der Waals surface area contributed by atoms with Crippen LogP contribution in [-0.2, 0) is 12.3 Å². The van der Waals surface area contributed by atoms with E-state index in [1.54, 1.807) is 28.6 Å². The van der Waals surface area contributed by atoms with Gasteiger partial charge in [-0.2, -0.15) is 0 Å². The lowest BCUT2D eigenvalue weighted by Gasteiger charge is -2.08. The van der Waals surface area contributed by atoms with E-state index in [0.29, 0.717) is 5.92 Å². The van der Waals surface area contributed by atoms with Crippen molar-refractivity contribution in [2.45, 2.75) is 31.3 Å². The van der Waals surface area contributed by atoms with Gasteiger partial charge in [0.05, 0.1) is 6.54 Å². The highest BCUT2D eigenvalue weighted by Crippen LogP contribution is 2.19. The van der Waals surface area contributed by atoms with Crippen molar-refractivity contribution in [2.75, 3.05) is 13.1 Å². The zero-order valence-corrected chi connectivity index (χ0v) is 13.1. The highest BCUT2D eigenvalue weighted by molar-refractivity contribution is 7.98. The quantitative estimate of drug-likeness (QED) is 0.599. The van der Waals surface area contributed by atoms with Gasteiger partial charge in [0.1, 0.15) is 5.82 Å². The van der Waals surface area contributed by atoms with E-state index in [0.717, 1.165) is 36.1 Å². The number of rotatable bonds is 8. The number of nitrogens with zero attached hydrogens (tertiary/aromatic N) is 4. The average molecular weight is 309 g/mol. The molecule has 1 N–H and O–H groups in total. The molecule has 21 heavy (non-hydrogen) atoms. The predicted molar refractivity (Wildman–Crippen MR) is 81.5 cm³/mol. The molecule has 0 unspecified atom stereocenters. The summed E-state index contributed by atoms with van der Waals surface area (Å²) < 4.78 is 14.6. The molecule has 0 bridgehead atoms. The molecule has 114 valence electrons. The van der Waals surface area contributed by atoms with Gasteiger partial charge < -0.3 is 5.32 Å². The number of hydrogen-bond donors (Lipinski definition) is 1. The second kappa shape index (κ2) is 8.09. The third-order valence-electron chi connectivity index (χ3n) is 2.83. The maximum Gasteiger partial charge on any atom is 0.209 e. The number of aromatic nitrogens is 4. The van der Waals surface area contributed by atoms with E-state index in [4.69, 9.17) is 0 Å². The summed E-state index contributed by atoms with van der Waals surface area (Å²) in [7, 11) is 0. The van der Waals surface area contributed by atoms with E-state index in [9.17, 15) is 4.39 Å². The Kier molecular flexibility index (Phi) is 6.13. The molecular weight excluding hydrogens is 289 g/mol. The van der Waals surface area contributed by atoms with Crippen LogP contribution >= 0.6 is 11.8 Å². The van der Waals surface area contributed by atoms with Crippen LogP contribution in [0, 0.1) is 11.7 Å². The lowest BCUT2D eigenvalue weighted by atomic mass is 10.2. The summed E-state index contributed by atoms with van der Waals surface area (Å²) in [5.74, 6) is 1.14. The SMILES string of the molecule is CC(C)CNCCn1nnnc1SCc1ccc(F)cc1. The highest BCUT2D eigenvalue weighted by atomic mass is 32.2. The normalized spacial score (nSPS) is 11.2. The fraction of sp³-hybridized carbons (Fsp3) is 0.500. The molecule has 7 heteroatoms. The Morgan fingerprint density at radius 2 is 2.05 bits per heavy atom. The van der Waals surface area contributed by atoms with E-state index in [2.05, 4.69) is 34.7 Å². The standard InChI is InChI=1S/C14H20FN5S/c1-11(2)9-16-7-8-20-14(17-18-19-20)21-10-12-3-5-13(15)6-4-12/h3-6,11,16H,7-10H2,1-2H3. The summed E-state index contributed by atoms with van der Waals surface area (Å²) in [5.41, 5.74) is 1.05. The number of benzene rings is 1. The van der Waals surface area contributed by atoms with Crippen LogP contribution in [0.2, 0.25) is 0 Å². The molecule has 0 aliphatic rings. The van der Waals surface area contributed by atoms with Gasteiger partial charge in [0.15, 0.2) is 0 Å². The first-order valence-corrected chi connectivity index (χ1v) is 7.98. The van der Waals surface area contributed by atoms with Gasteiger partial charge in [-0.3, -0.25) is 0 Å². The molecule has 0 radical (unpaired) electrons. The Morgan fingerprint density at radius 3 is 2.76 bits per heavy atom. The second-order valence-corrected chi connectivity index (χ2v) is 6.14. The molecule has 0 spiro atoms. The lowest BCUT2D eigenvalue weighted by molar-refractivity contribution is 0.482. The maximum absolute atomic E-state index is 12.8. The Hall–Kier alpha value is -1.47. The van der Waals surface area contributed by atoms with Crippen LogP contribution in [0.15, 0.2) is 29.4 Å². The average Bonchev–Trinajstić information content (AvgIpc) is 2.90. The van der Waals surface area contributed by atoms with Crippen LogP contribution in [0.25, 0.3) is 0 Å². The Balaban J connectivity index is 1.81. The molecular formula is C14H20FN5S. The van der Waals surface area contributed by atoms with Crippen LogP contribution in [0.3, 0.4) is 0 Å². The van der Waals surface area contributed by atoms with Crippen molar-refractivity contribution in [2.24, 2.45) is 5.92 Å². The van der Waals surface area contributed by atoms with Crippen molar-refractivity contribution in [3.63, 3.8) is 0 Å². The molecule has 0 aliphatic heterocycles. The van der Waals surface area contributed by atoms with Gasteiger partial charge in [-0.05, 0) is 40.6 Å². The molecule has 2 rings (SSSR count). The monoisotopic (exact) mass is 309 g/mol. The van der Waals surface area contributed by atoms with E-state index in [-0.39, 0.29) is 5.82 Å². The van der Waals surface area contributed by atoms with Crippen molar-refractivity contribution in [3.8, 4) is 0 Å². The zero-order valence-electron chi connectivity index (χ0n) is 12.3. The van der Waals surface area contributed by atoms with E-state index < -0.39 is 0 Å². The Bertz CT molecular complexity index is 541. The number of thioether (sulfide) groups is 1. The molecule has 0 atom stereocenters. The van der Waals surface area contributed by atoms with Gasteiger partial charge in [0, 0.05) is 12.3 Å². The van der Waals surface area contributed by atoms with Crippen molar-refractivity contribution >= 4 is 11.8 Å². The fourth-order valence-corrected chi connectivity index (χ4v) is 2.60. The van der Waals surface area contributed by atoms with Gasteiger partial charge >= 0.3 is 0 Å². The third kappa shape index (κ3) is 5.43. The Labute approximate surface area is 128 Å². The molecule has 0 fully saturated rings. The highest BCUT2D eigenvalue weighted by Gasteiger charge is 2.07. The molecule has 1 heterocycles. The van der Waals surface area contributed by atoms with Crippen LogP contribution in [0.5, 0.6) is 0 Å². The minimum absolute atomic E-state index is 0.218.